The highest BCUT2D eigenvalue weighted by Gasteiger charge is 2.31. The maximum absolute atomic E-state index is 5.36. The fourth-order valence-electron chi connectivity index (χ4n) is 4.51. The van der Waals surface area contributed by atoms with Crippen LogP contribution in [0, 0.1) is 6.92 Å². The monoisotopic (exact) mass is 368 g/mol. The second-order valence-electron chi connectivity index (χ2n) is 7.45. The molecule has 5 rings (SSSR count). The average molecular weight is 368 g/mol. The number of nitrogens with zero attached hydrogens (tertiary/aromatic N) is 1. The van der Waals surface area contributed by atoms with Crippen LogP contribution in [-0.2, 0) is 6.42 Å². The first kappa shape index (κ1) is 16.9. The van der Waals surface area contributed by atoms with E-state index in [1.54, 1.807) is 7.11 Å². The van der Waals surface area contributed by atoms with Crippen molar-refractivity contribution >= 4 is 16.6 Å². The highest BCUT2D eigenvalue weighted by Crippen LogP contribution is 2.40. The van der Waals surface area contributed by atoms with Gasteiger partial charge in [-0.1, -0.05) is 42.5 Å². The van der Waals surface area contributed by atoms with Gasteiger partial charge in [-0.3, -0.25) is 0 Å². The van der Waals surface area contributed by atoms with Crippen LogP contribution in [-0.4, -0.2) is 18.6 Å². The van der Waals surface area contributed by atoms with E-state index < -0.39 is 0 Å². The van der Waals surface area contributed by atoms with Gasteiger partial charge < -0.3 is 14.6 Å². The smallest absolute Gasteiger partial charge is 0.119 e. The van der Waals surface area contributed by atoms with Crippen molar-refractivity contribution in [1.82, 2.24) is 4.98 Å². The number of hydrogen-bond donors (Lipinski definition) is 1. The third-order valence-corrected chi connectivity index (χ3v) is 5.97. The van der Waals surface area contributed by atoms with Crippen LogP contribution in [0.25, 0.3) is 10.9 Å². The lowest BCUT2D eigenvalue weighted by Gasteiger charge is -2.39. The molecular formula is C25H24N2O. The maximum Gasteiger partial charge on any atom is 0.119 e. The molecule has 1 aliphatic heterocycles. The topological polar surface area (TPSA) is 28.3 Å². The molecule has 0 radical (unpaired) electrons. The van der Waals surface area contributed by atoms with E-state index in [0.717, 1.165) is 18.7 Å². The normalized spacial score (nSPS) is 16.2. The van der Waals surface area contributed by atoms with E-state index in [9.17, 15) is 0 Å². The second kappa shape index (κ2) is 6.75. The molecular weight excluding hydrogens is 344 g/mol. The van der Waals surface area contributed by atoms with Gasteiger partial charge in [0.15, 0.2) is 0 Å². The number of aromatic nitrogens is 1. The number of aryl methyl sites for hydroxylation is 1. The first-order valence-electron chi connectivity index (χ1n) is 9.82. The molecule has 3 heteroatoms. The van der Waals surface area contributed by atoms with E-state index in [1.807, 2.05) is 12.1 Å². The summed E-state index contributed by atoms with van der Waals surface area (Å²) in [5, 5.41) is 1.30. The van der Waals surface area contributed by atoms with Gasteiger partial charge in [0.05, 0.1) is 13.2 Å². The lowest BCUT2D eigenvalue weighted by atomic mass is 9.89. The van der Waals surface area contributed by atoms with Gasteiger partial charge in [0.1, 0.15) is 5.75 Å². The number of benzene rings is 3. The Kier molecular flexibility index (Phi) is 4.09. The van der Waals surface area contributed by atoms with Crippen molar-refractivity contribution < 1.29 is 4.74 Å². The predicted octanol–water partition coefficient (Wildman–Crippen LogP) is 5.64. The van der Waals surface area contributed by atoms with Gasteiger partial charge in [0, 0.05) is 28.8 Å². The van der Waals surface area contributed by atoms with E-state index >= 15 is 0 Å². The number of aromatic amines is 1. The number of hydrogen-bond acceptors (Lipinski definition) is 2. The Balaban J connectivity index is 1.69. The molecule has 1 N–H and O–H groups in total. The first-order chi connectivity index (χ1) is 13.8. The Morgan fingerprint density at radius 2 is 1.68 bits per heavy atom. The summed E-state index contributed by atoms with van der Waals surface area (Å²) in [6.07, 6.45) is 1.05. The number of para-hydroxylation sites is 1. The van der Waals surface area contributed by atoms with Crippen LogP contribution in [0.15, 0.2) is 72.8 Å². The highest BCUT2D eigenvalue weighted by molar-refractivity contribution is 5.85. The van der Waals surface area contributed by atoms with Crippen LogP contribution in [0.5, 0.6) is 5.75 Å². The summed E-state index contributed by atoms with van der Waals surface area (Å²) in [6, 6.07) is 26.0. The Morgan fingerprint density at radius 1 is 0.929 bits per heavy atom. The zero-order valence-electron chi connectivity index (χ0n) is 16.3. The summed E-state index contributed by atoms with van der Waals surface area (Å²) < 4.78 is 5.36. The van der Waals surface area contributed by atoms with Gasteiger partial charge in [-0.05, 0) is 60.4 Å². The van der Waals surface area contributed by atoms with Gasteiger partial charge in [0.2, 0.25) is 0 Å². The van der Waals surface area contributed by atoms with Crippen LogP contribution < -0.4 is 9.64 Å². The van der Waals surface area contributed by atoms with E-state index in [2.05, 4.69) is 77.5 Å². The number of anilines is 1. The van der Waals surface area contributed by atoms with E-state index in [-0.39, 0.29) is 6.04 Å². The van der Waals surface area contributed by atoms with Crippen molar-refractivity contribution in [2.24, 2.45) is 0 Å². The number of nitrogens with one attached hydrogen (secondary N) is 1. The maximum atomic E-state index is 5.36. The molecule has 0 saturated carbocycles. The molecule has 0 fully saturated rings. The molecule has 0 saturated heterocycles. The molecule has 1 aromatic heterocycles. The number of ether oxygens (including phenoxy) is 1. The molecule has 3 aromatic carbocycles. The third kappa shape index (κ3) is 2.66. The van der Waals surface area contributed by atoms with Gasteiger partial charge in [0.25, 0.3) is 0 Å². The summed E-state index contributed by atoms with van der Waals surface area (Å²) in [4.78, 5) is 6.24. The van der Waals surface area contributed by atoms with Crippen LogP contribution in [0.1, 0.15) is 28.4 Å². The van der Waals surface area contributed by atoms with E-state index in [0.29, 0.717) is 0 Å². The van der Waals surface area contributed by atoms with Crippen molar-refractivity contribution in [3.05, 3.63) is 95.2 Å². The second-order valence-corrected chi connectivity index (χ2v) is 7.45. The van der Waals surface area contributed by atoms with Crippen LogP contribution in [0.4, 0.5) is 5.69 Å². The zero-order valence-corrected chi connectivity index (χ0v) is 16.3. The molecule has 1 unspecified atom stereocenters. The molecule has 0 amide bonds. The van der Waals surface area contributed by atoms with Gasteiger partial charge in [-0.15, -0.1) is 0 Å². The Bertz CT molecular complexity index is 1130. The van der Waals surface area contributed by atoms with E-state index in [1.165, 1.54) is 39.0 Å². The van der Waals surface area contributed by atoms with Crippen molar-refractivity contribution in [2.75, 3.05) is 18.6 Å². The average Bonchev–Trinajstić information content (AvgIpc) is 3.09. The summed E-state index contributed by atoms with van der Waals surface area (Å²) in [5.74, 6) is 0.888. The number of methoxy groups -OCH3 is 1. The summed E-state index contributed by atoms with van der Waals surface area (Å²) in [5.41, 5.74) is 7.86. The van der Waals surface area contributed by atoms with E-state index in [4.69, 9.17) is 4.74 Å². The Morgan fingerprint density at radius 3 is 2.46 bits per heavy atom. The van der Waals surface area contributed by atoms with Crippen molar-refractivity contribution in [3.8, 4) is 5.75 Å². The standard InChI is InChI=1S/C25H24N2O/c1-17-21-8-5-6-10-23(21)26-24(17)25-22-9-4-3-7-18(22)15-16-27(25)19-11-13-20(28-2)14-12-19/h3-14,25-26H,15-16H2,1-2H3. The fraction of sp³-hybridized carbons (Fsp3) is 0.200. The minimum absolute atomic E-state index is 0.172. The number of rotatable bonds is 3. The van der Waals surface area contributed by atoms with Crippen LogP contribution in [0.3, 0.4) is 0 Å². The minimum atomic E-state index is 0.172. The molecule has 1 aliphatic rings. The predicted molar refractivity (Wildman–Crippen MR) is 115 cm³/mol. The number of H-pyrrole nitrogens is 1. The molecule has 4 aromatic rings. The van der Waals surface area contributed by atoms with Crippen LogP contribution in [0.2, 0.25) is 0 Å². The molecule has 1 atom stereocenters. The highest BCUT2D eigenvalue weighted by atomic mass is 16.5. The molecule has 0 bridgehead atoms. The van der Waals surface area contributed by atoms with Crippen LogP contribution >= 0.6 is 0 Å². The SMILES string of the molecule is COc1ccc(N2CCc3ccccc3C2c2[nH]c3ccccc3c2C)cc1. The molecule has 28 heavy (non-hydrogen) atoms. The first-order valence-corrected chi connectivity index (χ1v) is 9.82. The summed E-state index contributed by atoms with van der Waals surface area (Å²) in [7, 11) is 1.71. The van der Waals surface area contributed by atoms with Crippen molar-refractivity contribution in [3.63, 3.8) is 0 Å². The summed E-state index contributed by atoms with van der Waals surface area (Å²) in [6.45, 7) is 3.22. The molecule has 2 heterocycles. The Labute approximate surface area is 165 Å². The Hall–Kier alpha value is -3.20. The molecule has 3 nitrogen and oxygen atoms in total. The van der Waals surface area contributed by atoms with Crippen molar-refractivity contribution in [2.45, 2.75) is 19.4 Å². The quantitative estimate of drug-likeness (QED) is 0.507. The minimum Gasteiger partial charge on any atom is -0.497 e. The summed E-state index contributed by atoms with van der Waals surface area (Å²) >= 11 is 0. The lowest BCUT2D eigenvalue weighted by Crippen LogP contribution is -2.36. The fourth-order valence-corrected chi connectivity index (χ4v) is 4.51. The largest absolute Gasteiger partial charge is 0.497 e. The van der Waals surface area contributed by atoms with Crippen molar-refractivity contribution in [1.29, 1.82) is 0 Å². The molecule has 0 spiro atoms. The molecule has 0 aliphatic carbocycles. The van der Waals surface area contributed by atoms with Gasteiger partial charge in [-0.2, -0.15) is 0 Å². The third-order valence-electron chi connectivity index (χ3n) is 5.97. The lowest BCUT2D eigenvalue weighted by molar-refractivity contribution is 0.414. The molecule has 140 valence electrons. The zero-order chi connectivity index (χ0) is 19.1. The van der Waals surface area contributed by atoms with Gasteiger partial charge in [-0.25, -0.2) is 0 Å². The number of fused-ring (bicyclic) bond motifs is 2. The van der Waals surface area contributed by atoms with Gasteiger partial charge >= 0.3 is 0 Å².